The van der Waals surface area contributed by atoms with E-state index in [0.717, 1.165) is 44.7 Å². The Morgan fingerprint density at radius 1 is 1.43 bits per heavy atom. The fourth-order valence-corrected chi connectivity index (χ4v) is 2.71. The zero-order valence-electron chi connectivity index (χ0n) is 13.7. The smallest absolute Gasteiger partial charge is 0.245 e. The molecule has 1 amide bonds. The molecule has 1 aliphatic rings. The summed E-state index contributed by atoms with van der Waals surface area (Å²) in [6.07, 6.45) is 4.81. The molecule has 1 atom stereocenters. The summed E-state index contributed by atoms with van der Waals surface area (Å²) in [5, 5.41) is 7.70. The standard InChI is InChI=1S/C16H28N4O/c1-5-20-14(8-10-18-20)19-12-6-7-13(15(19)21)17-11-9-16(2,3)4/h8,10,13,17H,5-7,9,11-12H2,1-4H3/t13-/m1/s1. The number of piperidine rings is 1. The van der Waals surface area contributed by atoms with Gasteiger partial charge in [0.05, 0.1) is 12.2 Å². The lowest BCUT2D eigenvalue weighted by molar-refractivity contribution is -0.121. The highest BCUT2D eigenvalue weighted by molar-refractivity contribution is 5.97. The van der Waals surface area contributed by atoms with Crippen molar-refractivity contribution in [1.82, 2.24) is 15.1 Å². The Morgan fingerprint density at radius 2 is 2.19 bits per heavy atom. The van der Waals surface area contributed by atoms with Crippen LogP contribution in [0.25, 0.3) is 0 Å². The average Bonchev–Trinajstić information content (AvgIpc) is 2.87. The first-order valence-corrected chi connectivity index (χ1v) is 7.99. The molecule has 1 aromatic rings. The average molecular weight is 292 g/mol. The quantitative estimate of drug-likeness (QED) is 0.907. The van der Waals surface area contributed by atoms with Gasteiger partial charge in [0.2, 0.25) is 5.91 Å². The molecule has 0 saturated carbocycles. The molecule has 118 valence electrons. The first kappa shape index (κ1) is 16.0. The summed E-state index contributed by atoms with van der Waals surface area (Å²) >= 11 is 0. The predicted octanol–water partition coefficient (Wildman–Crippen LogP) is 2.42. The topological polar surface area (TPSA) is 50.2 Å². The second kappa shape index (κ2) is 6.60. The van der Waals surface area contributed by atoms with Crippen LogP contribution in [-0.4, -0.2) is 34.8 Å². The van der Waals surface area contributed by atoms with E-state index < -0.39 is 0 Å². The van der Waals surface area contributed by atoms with Crippen molar-refractivity contribution in [1.29, 1.82) is 0 Å². The summed E-state index contributed by atoms with van der Waals surface area (Å²) in [6, 6.07) is 1.88. The molecule has 21 heavy (non-hydrogen) atoms. The lowest BCUT2D eigenvalue weighted by Gasteiger charge is -2.33. The molecule has 0 aliphatic carbocycles. The summed E-state index contributed by atoms with van der Waals surface area (Å²) in [5.74, 6) is 1.11. The fraction of sp³-hybridized carbons (Fsp3) is 0.750. The summed E-state index contributed by atoms with van der Waals surface area (Å²) in [5.41, 5.74) is 0.297. The molecule has 0 bridgehead atoms. The van der Waals surface area contributed by atoms with Gasteiger partial charge in [-0.2, -0.15) is 5.10 Å². The van der Waals surface area contributed by atoms with Crippen LogP contribution in [0, 0.1) is 5.41 Å². The molecule has 2 rings (SSSR count). The number of hydrogen-bond donors (Lipinski definition) is 1. The van der Waals surface area contributed by atoms with Gasteiger partial charge in [-0.25, -0.2) is 4.68 Å². The van der Waals surface area contributed by atoms with Crippen LogP contribution in [0.3, 0.4) is 0 Å². The Balaban J connectivity index is 1.98. The highest BCUT2D eigenvalue weighted by Gasteiger charge is 2.30. The van der Waals surface area contributed by atoms with E-state index in [-0.39, 0.29) is 11.9 Å². The Bertz CT molecular complexity index is 475. The van der Waals surface area contributed by atoms with E-state index in [1.807, 2.05) is 22.6 Å². The molecule has 1 aliphatic heterocycles. The van der Waals surface area contributed by atoms with Gasteiger partial charge in [-0.3, -0.25) is 9.69 Å². The van der Waals surface area contributed by atoms with E-state index in [1.165, 1.54) is 0 Å². The zero-order valence-corrected chi connectivity index (χ0v) is 13.7. The van der Waals surface area contributed by atoms with E-state index in [4.69, 9.17) is 0 Å². The maximum Gasteiger partial charge on any atom is 0.245 e. The van der Waals surface area contributed by atoms with Crippen molar-refractivity contribution in [2.75, 3.05) is 18.0 Å². The number of aromatic nitrogens is 2. The molecule has 0 aromatic carbocycles. The van der Waals surface area contributed by atoms with Crippen LogP contribution in [0.4, 0.5) is 5.82 Å². The highest BCUT2D eigenvalue weighted by atomic mass is 16.2. The molecule has 1 saturated heterocycles. The summed E-state index contributed by atoms with van der Waals surface area (Å²) in [7, 11) is 0. The number of aryl methyl sites for hydroxylation is 1. The Morgan fingerprint density at radius 3 is 2.86 bits per heavy atom. The van der Waals surface area contributed by atoms with E-state index in [1.54, 1.807) is 6.20 Å². The van der Waals surface area contributed by atoms with Crippen molar-refractivity contribution in [2.45, 2.75) is 59.5 Å². The highest BCUT2D eigenvalue weighted by Crippen LogP contribution is 2.22. The van der Waals surface area contributed by atoms with Crippen molar-refractivity contribution in [2.24, 2.45) is 5.41 Å². The minimum Gasteiger partial charge on any atom is -0.306 e. The fourth-order valence-electron chi connectivity index (χ4n) is 2.71. The minimum atomic E-state index is -0.0543. The van der Waals surface area contributed by atoms with Crippen molar-refractivity contribution in [3.8, 4) is 0 Å². The van der Waals surface area contributed by atoms with Gasteiger partial charge in [0, 0.05) is 19.2 Å². The molecule has 0 spiro atoms. The van der Waals surface area contributed by atoms with E-state index in [9.17, 15) is 4.79 Å². The van der Waals surface area contributed by atoms with Crippen molar-refractivity contribution in [3.63, 3.8) is 0 Å². The SMILES string of the molecule is CCn1nccc1N1CCC[C@@H](NCCC(C)(C)C)C1=O. The van der Waals surface area contributed by atoms with Crippen molar-refractivity contribution in [3.05, 3.63) is 12.3 Å². The molecule has 0 radical (unpaired) electrons. The third-order valence-electron chi connectivity index (χ3n) is 3.97. The van der Waals surface area contributed by atoms with Gasteiger partial charge in [0.15, 0.2) is 0 Å². The van der Waals surface area contributed by atoms with E-state index in [0.29, 0.717) is 5.41 Å². The Hall–Kier alpha value is -1.36. The zero-order chi connectivity index (χ0) is 15.5. The number of nitrogens with one attached hydrogen (secondary N) is 1. The Kier molecular flexibility index (Phi) is 5.04. The van der Waals surface area contributed by atoms with E-state index in [2.05, 4.69) is 31.2 Å². The molecule has 5 nitrogen and oxygen atoms in total. The normalized spacial score (nSPS) is 20.1. The summed E-state index contributed by atoms with van der Waals surface area (Å²) < 4.78 is 1.88. The summed E-state index contributed by atoms with van der Waals surface area (Å²) in [6.45, 7) is 11.2. The van der Waals surface area contributed by atoms with E-state index >= 15 is 0 Å². The number of hydrogen-bond acceptors (Lipinski definition) is 3. The number of anilines is 1. The first-order chi connectivity index (χ1) is 9.92. The molecular formula is C16H28N4O. The van der Waals surface area contributed by atoms with Crippen molar-refractivity contribution < 1.29 is 4.79 Å². The van der Waals surface area contributed by atoms with Gasteiger partial charge >= 0.3 is 0 Å². The maximum atomic E-state index is 12.7. The third kappa shape index (κ3) is 4.06. The molecule has 0 unspecified atom stereocenters. The number of rotatable bonds is 5. The minimum absolute atomic E-state index is 0.0543. The van der Waals surface area contributed by atoms with Gasteiger partial charge in [-0.1, -0.05) is 20.8 Å². The second-order valence-corrected chi connectivity index (χ2v) is 6.95. The molecular weight excluding hydrogens is 264 g/mol. The van der Waals surface area contributed by atoms with Crippen LogP contribution >= 0.6 is 0 Å². The number of carbonyl (C=O) groups is 1. The van der Waals surface area contributed by atoms with Crippen LogP contribution in [0.2, 0.25) is 0 Å². The first-order valence-electron chi connectivity index (χ1n) is 7.99. The molecule has 2 heterocycles. The van der Waals surface area contributed by atoms with Gasteiger partial charge in [0.1, 0.15) is 5.82 Å². The molecule has 1 N–H and O–H groups in total. The number of carbonyl (C=O) groups excluding carboxylic acids is 1. The number of amides is 1. The van der Waals surface area contributed by atoms with Crippen LogP contribution in [0.1, 0.15) is 47.0 Å². The number of nitrogens with zero attached hydrogens (tertiary/aromatic N) is 3. The Labute approximate surface area is 127 Å². The monoisotopic (exact) mass is 292 g/mol. The van der Waals surface area contributed by atoms with Crippen LogP contribution < -0.4 is 10.2 Å². The lowest BCUT2D eigenvalue weighted by atomic mass is 9.92. The largest absolute Gasteiger partial charge is 0.306 e. The van der Waals surface area contributed by atoms with Crippen LogP contribution in [0.15, 0.2) is 12.3 Å². The maximum absolute atomic E-state index is 12.7. The molecule has 1 aromatic heterocycles. The predicted molar refractivity (Wildman–Crippen MR) is 85.4 cm³/mol. The van der Waals surface area contributed by atoms with Gasteiger partial charge in [-0.05, 0) is 38.1 Å². The third-order valence-corrected chi connectivity index (χ3v) is 3.97. The van der Waals surface area contributed by atoms with Gasteiger partial charge < -0.3 is 5.32 Å². The van der Waals surface area contributed by atoms with Crippen molar-refractivity contribution >= 4 is 11.7 Å². The summed E-state index contributed by atoms with van der Waals surface area (Å²) in [4.78, 5) is 14.6. The second-order valence-electron chi connectivity index (χ2n) is 6.95. The van der Waals surface area contributed by atoms with Gasteiger partial charge in [0.25, 0.3) is 0 Å². The van der Waals surface area contributed by atoms with Gasteiger partial charge in [-0.15, -0.1) is 0 Å². The van der Waals surface area contributed by atoms with Crippen LogP contribution in [0.5, 0.6) is 0 Å². The van der Waals surface area contributed by atoms with Crippen LogP contribution in [-0.2, 0) is 11.3 Å². The lowest BCUT2D eigenvalue weighted by Crippen LogP contribution is -2.51. The molecule has 5 heteroatoms. The molecule has 1 fully saturated rings.